The maximum absolute atomic E-state index is 13.2. The summed E-state index contributed by atoms with van der Waals surface area (Å²) in [6.45, 7) is 4.11. The van der Waals surface area contributed by atoms with Gasteiger partial charge in [0.05, 0.1) is 12.6 Å². The summed E-state index contributed by atoms with van der Waals surface area (Å²) >= 11 is 1.80. The zero-order chi connectivity index (χ0) is 19.0. The molecule has 2 amide bonds. The largest absolute Gasteiger partial charge is 0.366 e. The Hall–Kier alpha value is -2.34. The highest BCUT2D eigenvalue weighted by atomic mass is 32.1. The number of hydrogen-bond acceptors (Lipinski definition) is 4. The molecule has 0 saturated heterocycles. The van der Waals surface area contributed by atoms with Crippen LogP contribution in [0.4, 0.5) is 5.69 Å². The quantitative estimate of drug-likeness (QED) is 0.882. The molecule has 1 unspecified atom stereocenters. The second-order valence-electron chi connectivity index (χ2n) is 7.25. The Labute approximate surface area is 163 Å². The lowest BCUT2D eigenvalue weighted by molar-refractivity contribution is -0.132. The van der Waals surface area contributed by atoms with Crippen molar-refractivity contribution >= 4 is 28.8 Å². The van der Waals surface area contributed by atoms with Crippen molar-refractivity contribution in [2.45, 2.75) is 38.6 Å². The summed E-state index contributed by atoms with van der Waals surface area (Å²) in [6.07, 6.45) is 3.63. The van der Waals surface area contributed by atoms with Crippen molar-refractivity contribution in [3.05, 3.63) is 51.2 Å². The Morgan fingerprint density at radius 1 is 1.22 bits per heavy atom. The Balaban J connectivity index is 1.57. The van der Waals surface area contributed by atoms with Crippen LogP contribution in [0.3, 0.4) is 0 Å². The highest BCUT2D eigenvalue weighted by Crippen LogP contribution is 2.36. The summed E-state index contributed by atoms with van der Waals surface area (Å²) < 4.78 is 0. The zero-order valence-corrected chi connectivity index (χ0v) is 16.4. The van der Waals surface area contributed by atoms with Gasteiger partial charge in [0.25, 0.3) is 0 Å². The molecule has 3 heterocycles. The molecule has 142 valence electrons. The lowest BCUT2D eigenvalue weighted by Gasteiger charge is -2.38. The van der Waals surface area contributed by atoms with Crippen molar-refractivity contribution in [2.24, 2.45) is 5.73 Å². The Bertz CT molecular complexity index is 876. The molecule has 6 heteroatoms. The number of carbonyl (C=O) groups excluding carboxylic acids is 2. The van der Waals surface area contributed by atoms with Crippen LogP contribution >= 0.6 is 11.3 Å². The second-order valence-corrected chi connectivity index (χ2v) is 8.25. The van der Waals surface area contributed by atoms with Gasteiger partial charge in [-0.25, -0.2) is 0 Å². The number of thiophene rings is 1. The Morgan fingerprint density at radius 3 is 2.85 bits per heavy atom. The van der Waals surface area contributed by atoms with Gasteiger partial charge in [0.15, 0.2) is 0 Å². The molecule has 1 aromatic carbocycles. The highest BCUT2D eigenvalue weighted by Gasteiger charge is 2.32. The van der Waals surface area contributed by atoms with Crippen LogP contribution in [0, 0.1) is 0 Å². The Kier molecular flexibility index (Phi) is 4.91. The number of nitrogens with zero attached hydrogens (tertiary/aromatic N) is 2. The minimum Gasteiger partial charge on any atom is -0.366 e. The van der Waals surface area contributed by atoms with Crippen molar-refractivity contribution in [3.8, 4) is 0 Å². The average Bonchev–Trinajstić information content (AvgIpc) is 3.15. The minimum atomic E-state index is -0.396. The molecule has 2 aromatic rings. The van der Waals surface area contributed by atoms with Gasteiger partial charge in [-0.05, 0) is 60.4 Å². The number of carbonyl (C=O) groups is 2. The minimum absolute atomic E-state index is 0.163. The van der Waals surface area contributed by atoms with E-state index in [2.05, 4.69) is 23.3 Å². The van der Waals surface area contributed by atoms with Crippen LogP contribution in [-0.4, -0.2) is 36.3 Å². The molecule has 27 heavy (non-hydrogen) atoms. The van der Waals surface area contributed by atoms with Crippen LogP contribution in [0.25, 0.3) is 0 Å². The molecule has 2 aliphatic rings. The van der Waals surface area contributed by atoms with Gasteiger partial charge in [-0.2, -0.15) is 0 Å². The third-order valence-corrected chi connectivity index (χ3v) is 6.74. The van der Waals surface area contributed by atoms with E-state index in [9.17, 15) is 9.59 Å². The predicted molar refractivity (Wildman–Crippen MR) is 108 cm³/mol. The van der Waals surface area contributed by atoms with Crippen LogP contribution in [0.15, 0.2) is 29.6 Å². The van der Waals surface area contributed by atoms with Crippen LogP contribution in [0.2, 0.25) is 0 Å². The summed E-state index contributed by atoms with van der Waals surface area (Å²) in [4.78, 5) is 30.5. The predicted octanol–water partition coefficient (Wildman–Crippen LogP) is 3.14. The number of primary amides is 1. The van der Waals surface area contributed by atoms with Gasteiger partial charge in [0, 0.05) is 29.2 Å². The molecule has 2 N–H and O–H groups in total. The molecule has 0 fully saturated rings. The summed E-state index contributed by atoms with van der Waals surface area (Å²) in [7, 11) is 0. The van der Waals surface area contributed by atoms with E-state index in [0.29, 0.717) is 12.1 Å². The van der Waals surface area contributed by atoms with Crippen molar-refractivity contribution in [2.75, 3.05) is 24.5 Å². The van der Waals surface area contributed by atoms with E-state index in [1.165, 1.54) is 10.4 Å². The van der Waals surface area contributed by atoms with Crippen molar-refractivity contribution in [1.82, 2.24) is 4.90 Å². The van der Waals surface area contributed by atoms with Crippen LogP contribution in [0.5, 0.6) is 0 Å². The van der Waals surface area contributed by atoms with E-state index in [0.717, 1.165) is 50.0 Å². The molecule has 1 aromatic heterocycles. The van der Waals surface area contributed by atoms with Crippen molar-refractivity contribution in [1.29, 1.82) is 0 Å². The lowest BCUT2D eigenvalue weighted by atomic mass is 9.95. The third kappa shape index (κ3) is 3.23. The van der Waals surface area contributed by atoms with E-state index >= 15 is 0 Å². The molecule has 0 aliphatic carbocycles. The number of rotatable bonds is 4. The molecule has 2 aliphatic heterocycles. The zero-order valence-electron chi connectivity index (χ0n) is 15.6. The van der Waals surface area contributed by atoms with E-state index in [-0.39, 0.29) is 11.9 Å². The standard InChI is InChI=1S/C21H25N3O2S/c1-2-17-16-9-12-27-19(16)8-11-24(17)20(25)13-23-10-4-6-14-15(21(22)26)5-3-7-18(14)23/h3,5,7,9,12,17H,2,4,6,8,10-11,13H2,1H3,(H2,22,26). The smallest absolute Gasteiger partial charge is 0.249 e. The SMILES string of the molecule is CCC1c2ccsc2CCN1C(=O)CN1CCCc2c(C(N)=O)cccc21. The van der Waals surface area contributed by atoms with E-state index in [1.807, 2.05) is 17.0 Å². The number of fused-ring (bicyclic) bond motifs is 2. The molecule has 5 nitrogen and oxygen atoms in total. The number of anilines is 1. The summed E-state index contributed by atoms with van der Waals surface area (Å²) in [5.74, 6) is -0.233. The molecule has 0 radical (unpaired) electrons. The van der Waals surface area contributed by atoms with Crippen LogP contribution < -0.4 is 10.6 Å². The molecular weight excluding hydrogens is 358 g/mol. The third-order valence-electron chi connectivity index (χ3n) is 5.74. The van der Waals surface area contributed by atoms with Crippen LogP contribution in [-0.2, 0) is 17.6 Å². The fourth-order valence-electron chi connectivity index (χ4n) is 4.49. The van der Waals surface area contributed by atoms with Gasteiger partial charge in [0.1, 0.15) is 0 Å². The van der Waals surface area contributed by atoms with E-state index < -0.39 is 5.91 Å². The fourth-order valence-corrected chi connectivity index (χ4v) is 5.41. The summed E-state index contributed by atoms with van der Waals surface area (Å²) in [5.41, 5.74) is 9.40. The monoisotopic (exact) mass is 383 g/mol. The summed E-state index contributed by atoms with van der Waals surface area (Å²) in [5, 5.41) is 2.13. The van der Waals surface area contributed by atoms with Crippen LogP contribution in [0.1, 0.15) is 52.2 Å². The highest BCUT2D eigenvalue weighted by molar-refractivity contribution is 7.10. The normalized spacial score (nSPS) is 18.8. The number of amides is 2. The molecule has 1 atom stereocenters. The number of benzene rings is 1. The first-order chi connectivity index (χ1) is 13.1. The first-order valence-electron chi connectivity index (χ1n) is 9.62. The van der Waals surface area contributed by atoms with Gasteiger partial charge in [-0.1, -0.05) is 13.0 Å². The molecule has 0 bridgehead atoms. The Morgan fingerprint density at radius 2 is 2.07 bits per heavy atom. The van der Waals surface area contributed by atoms with Gasteiger partial charge in [-0.15, -0.1) is 11.3 Å². The van der Waals surface area contributed by atoms with Gasteiger partial charge >= 0.3 is 0 Å². The molecule has 0 saturated carbocycles. The maximum Gasteiger partial charge on any atom is 0.249 e. The topological polar surface area (TPSA) is 66.6 Å². The summed E-state index contributed by atoms with van der Waals surface area (Å²) in [6, 6.07) is 7.98. The van der Waals surface area contributed by atoms with E-state index in [1.54, 1.807) is 17.4 Å². The van der Waals surface area contributed by atoms with E-state index in [4.69, 9.17) is 5.73 Å². The number of nitrogens with two attached hydrogens (primary N) is 1. The van der Waals surface area contributed by atoms with Crippen molar-refractivity contribution in [3.63, 3.8) is 0 Å². The van der Waals surface area contributed by atoms with Gasteiger partial charge < -0.3 is 15.5 Å². The average molecular weight is 384 g/mol. The molecule has 0 spiro atoms. The van der Waals surface area contributed by atoms with Crippen molar-refractivity contribution < 1.29 is 9.59 Å². The lowest BCUT2D eigenvalue weighted by Crippen LogP contribution is -2.46. The van der Waals surface area contributed by atoms with Gasteiger partial charge in [0.2, 0.25) is 11.8 Å². The molecule has 4 rings (SSSR count). The molecular formula is C21H25N3O2S. The first-order valence-corrected chi connectivity index (χ1v) is 10.5. The number of hydrogen-bond donors (Lipinski definition) is 1. The fraction of sp³-hybridized carbons (Fsp3) is 0.429. The van der Waals surface area contributed by atoms with Gasteiger partial charge in [-0.3, -0.25) is 9.59 Å². The second kappa shape index (κ2) is 7.35. The first kappa shape index (κ1) is 18.0. The maximum atomic E-state index is 13.2.